The van der Waals surface area contributed by atoms with Crippen molar-refractivity contribution in [2.45, 2.75) is 6.92 Å². The molecule has 1 aromatic carbocycles. The van der Waals surface area contributed by atoms with Crippen molar-refractivity contribution in [2.75, 3.05) is 11.9 Å². The Labute approximate surface area is 119 Å². The third kappa shape index (κ3) is 2.65. The summed E-state index contributed by atoms with van der Waals surface area (Å²) in [4.78, 5) is 5.92. The van der Waals surface area contributed by atoms with E-state index < -0.39 is 0 Å². The second-order valence-electron chi connectivity index (χ2n) is 3.95. The van der Waals surface area contributed by atoms with Gasteiger partial charge in [-0.25, -0.2) is 9.37 Å². The zero-order valence-electron chi connectivity index (χ0n) is 9.92. The summed E-state index contributed by atoms with van der Waals surface area (Å²) in [7, 11) is 1.75. The summed E-state index contributed by atoms with van der Waals surface area (Å²) < 4.78 is 14.7. The normalized spacial score (nSPS) is 10.5. The van der Waals surface area contributed by atoms with Gasteiger partial charge in [0, 0.05) is 22.7 Å². The van der Waals surface area contributed by atoms with Crippen LogP contribution in [0.25, 0.3) is 0 Å². The van der Waals surface area contributed by atoms with Gasteiger partial charge in [-0.1, -0.05) is 11.6 Å². The summed E-state index contributed by atoms with van der Waals surface area (Å²) in [5.41, 5.74) is 1.44. The summed E-state index contributed by atoms with van der Waals surface area (Å²) in [5, 5.41) is 0.493. The van der Waals surface area contributed by atoms with E-state index in [2.05, 4.69) is 20.9 Å². The molecule has 0 N–H and O–H groups in total. The van der Waals surface area contributed by atoms with Gasteiger partial charge in [-0.05, 0) is 52.7 Å². The van der Waals surface area contributed by atoms with Crippen LogP contribution in [0.3, 0.4) is 0 Å². The predicted molar refractivity (Wildman–Crippen MR) is 76.1 cm³/mol. The second kappa shape index (κ2) is 5.24. The van der Waals surface area contributed by atoms with Crippen molar-refractivity contribution in [2.24, 2.45) is 0 Å². The minimum atomic E-state index is -0.329. The van der Waals surface area contributed by atoms with Gasteiger partial charge >= 0.3 is 0 Å². The molecule has 94 valence electrons. The Kier molecular flexibility index (Phi) is 3.88. The fraction of sp³-hybridized carbons (Fsp3) is 0.154. The summed E-state index contributed by atoms with van der Waals surface area (Å²) in [6.45, 7) is 1.96. The van der Waals surface area contributed by atoms with Crippen LogP contribution in [0, 0.1) is 12.7 Å². The van der Waals surface area contributed by atoms with E-state index in [9.17, 15) is 4.39 Å². The van der Waals surface area contributed by atoms with Gasteiger partial charge in [0.15, 0.2) is 0 Å². The van der Waals surface area contributed by atoms with E-state index in [-0.39, 0.29) is 5.82 Å². The van der Waals surface area contributed by atoms with Gasteiger partial charge in [0.1, 0.15) is 11.6 Å². The van der Waals surface area contributed by atoms with E-state index in [4.69, 9.17) is 11.6 Å². The Hall–Kier alpha value is -1.13. The first-order valence-electron chi connectivity index (χ1n) is 5.30. The molecule has 2 rings (SSSR count). The molecule has 0 saturated heterocycles. The van der Waals surface area contributed by atoms with Gasteiger partial charge in [0.25, 0.3) is 0 Å². The van der Waals surface area contributed by atoms with E-state index in [1.54, 1.807) is 24.2 Å². The lowest BCUT2D eigenvalue weighted by Gasteiger charge is -2.19. The molecule has 0 aliphatic carbocycles. The first-order valence-corrected chi connectivity index (χ1v) is 6.47. The van der Waals surface area contributed by atoms with Gasteiger partial charge in [-0.15, -0.1) is 0 Å². The monoisotopic (exact) mass is 328 g/mol. The van der Waals surface area contributed by atoms with Crippen LogP contribution in [0.5, 0.6) is 0 Å². The van der Waals surface area contributed by atoms with Crippen LogP contribution < -0.4 is 4.90 Å². The van der Waals surface area contributed by atoms with Gasteiger partial charge in [-0.3, -0.25) is 0 Å². The first kappa shape index (κ1) is 13.3. The van der Waals surface area contributed by atoms with Crippen molar-refractivity contribution in [1.29, 1.82) is 0 Å². The lowest BCUT2D eigenvalue weighted by atomic mass is 10.2. The highest BCUT2D eigenvalue weighted by atomic mass is 79.9. The van der Waals surface area contributed by atoms with Crippen LogP contribution in [-0.4, -0.2) is 12.0 Å². The lowest BCUT2D eigenvalue weighted by molar-refractivity contribution is 0.627. The van der Waals surface area contributed by atoms with E-state index in [0.29, 0.717) is 16.5 Å². The molecule has 5 heteroatoms. The Morgan fingerprint density at radius 1 is 1.33 bits per heavy atom. The van der Waals surface area contributed by atoms with E-state index in [1.807, 2.05) is 13.0 Å². The largest absolute Gasteiger partial charge is 0.327 e. The van der Waals surface area contributed by atoms with Gasteiger partial charge in [0.2, 0.25) is 0 Å². The van der Waals surface area contributed by atoms with Gasteiger partial charge in [-0.2, -0.15) is 0 Å². The van der Waals surface area contributed by atoms with Crippen LogP contribution in [0.2, 0.25) is 5.02 Å². The van der Waals surface area contributed by atoms with Crippen LogP contribution in [-0.2, 0) is 0 Å². The fourth-order valence-electron chi connectivity index (χ4n) is 1.57. The molecule has 2 nitrogen and oxygen atoms in total. The third-order valence-electron chi connectivity index (χ3n) is 2.65. The van der Waals surface area contributed by atoms with Crippen LogP contribution in [0.4, 0.5) is 15.9 Å². The molecule has 18 heavy (non-hydrogen) atoms. The third-order valence-corrected chi connectivity index (χ3v) is 3.71. The number of hydrogen-bond donors (Lipinski definition) is 0. The van der Waals surface area contributed by atoms with E-state index >= 15 is 0 Å². The summed E-state index contributed by atoms with van der Waals surface area (Å²) >= 11 is 9.27. The molecule has 1 aromatic heterocycles. The molecule has 0 amide bonds. The Balaban J connectivity index is 2.44. The number of benzene rings is 1. The molecule has 2 aromatic rings. The van der Waals surface area contributed by atoms with Crippen molar-refractivity contribution in [1.82, 2.24) is 4.98 Å². The maximum absolute atomic E-state index is 13.7. The fourth-order valence-corrected chi connectivity index (χ4v) is 1.96. The number of halogens is 3. The van der Waals surface area contributed by atoms with Crippen molar-refractivity contribution < 1.29 is 4.39 Å². The Bertz CT molecular complexity index is 589. The molecule has 0 atom stereocenters. The summed E-state index contributed by atoms with van der Waals surface area (Å²) in [6, 6.07) is 6.33. The average molecular weight is 330 g/mol. The highest BCUT2D eigenvalue weighted by molar-refractivity contribution is 9.10. The molecule has 0 aliphatic heterocycles. The highest BCUT2D eigenvalue weighted by Crippen LogP contribution is 2.29. The topological polar surface area (TPSA) is 16.1 Å². The van der Waals surface area contributed by atoms with Crippen LogP contribution in [0.1, 0.15) is 5.56 Å². The minimum Gasteiger partial charge on any atom is -0.327 e. The van der Waals surface area contributed by atoms with Crippen molar-refractivity contribution in [3.8, 4) is 0 Å². The minimum absolute atomic E-state index is 0.329. The number of aryl methyl sites for hydroxylation is 1. The standard InChI is InChI=1S/C13H11BrClFN2/c1-8-5-13(17-7-10(8)14)18(2)12-6-9(15)3-4-11(12)16/h3-7H,1-2H3. The zero-order chi connectivity index (χ0) is 13.3. The average Bonchev–Trinajstić information content (AvgIpc) is 2.35. The van der Waals surface area contributed by atoms with Crippen LogP contribution >= 0.6 is 27.5 Å². The van der Waals surface area contributed by atoms with E-state index in [1.165, 1.54) is 12.1 Å². The number of aromatic nitrogens is 1. The summed E-state index contributed by atoms with van der Waals surface area (Å²) in [5.74, 6) is 0.334. The smallest absolute Gasteiger partial charge is 0.146 e. The SMILES string of the molecule is Cc1cc(N(C)c2cc(Cl)ccc2F)ncc1Br. The van der Waals surface area contributed by atoms with Crippen molar-refractivity contribution >= 4 is 39.0 Å². The lowest BCUT2D eigenvalue weighted by Crippen LogP contribution is -2.13. The zero-order valence-corrected chi connectivity index (χ0v) is 12.3. The van der Waals surface area contributed by atoms with Gasteiger partial charge < -0.3 is 4.90 Å². The number of pyridine rings is 1. The number of rotatable bonds is 2. The maximum Gasteiger partial charge on any atom is 0.146 e. The molecule has 0 saturated carbocycles. The molecule has 1 heterocycles. The quantitative estimate of drug-likeness (QED) is 0.793. The molecule has 0 aliphatic rings. The molecular formula is C13H11BrClFN2. The number of anilines is 2. The molecule has 0 fully saturated rings. The molecule has 0 spiro atoms. The Morgan fingerprint density at radius 2 is 2.06 bits per heavy atom. The highest BCUT2D eigenvalue weighted by Gasteiger charge is 2.12. The molecule has 0 radical (unpaired) electrons. The van der Waals surface area contributed by atoms with E-state index in [0.717, 1.165) is 10.0 Å². The number of hydrogen-bond acceptors (Lipinski definition) is 2. The molecule has 0 unspecified atom stereocenters. The summed E-state index contributed by atoms with van der Waals surface area (Å²) in [6.07, 6.45) is 1.70. The predicted octanol–water partition coefficient (Wildman–Crippen LogP) is 4.71. The second-order valence-corrected chi connectivity index (χ2v) is 5.24. The van der Waals surface area contributed by atoms with Crippen molar-refractivity contribution in [3.05, 3.63) is 51.3 Å². The number of nitrogens with zero attached hydrogens (tertiary/aromatic N) is 2. The maximum atomic E-state index is 13.7. The molecule has 0 bridgehead atoms. The molecular weight excluding hydrogens is 319 g/mol. The Morgan fingerprint density at radius 3 is 2.72 bits per heavy atom. The first-order chi connectivity index (χ1) is 8.49. The van der Waals surface area contributed by atoms with Gasteiger partial charge in [0.05, 0.1) is 5.69 Å². The van der Waals surface area contributed by atoms with Crippen molar-refractivity contribution in [3.63, 3.8) is 0 Å². The van der Waals surface area contributed by atoms with Crippen LogP contribution in [0.15, 0.2) is 34.9 Å².